The van der Waals surface area contributed by atoms with E-state index in [2.05, 4.69) is 0 Å². The second-order valence-electron chi connectivity index (χ2n) is 6.14. The van der Waals surface area contributed by atoms with Gasteiger partial charge in [0.05, 0.1) is 12.0 Å². The van der Waals surface area contributed by atoms with Crippen molar-refractivity contribution in [2.24, 2.45) is 23.7 Å². The number of ether oxygens (including phenoxy) is 4. The number of rotatable bonds is 4. The zero-order valence-electron chi connectivity index (χ0n) is 11.3. The first-order valence-electron chi connectivity index (χ1n) is 7.14. The average molecular weight is 254 g/mol. The zero-order chi connectivity index (χ0) is 12.5. The van der Waals surface area contributed by atoms with Crippen molar-refractivity contribution in [3.8, 4) is 0 Å². The fourth-order valence-corrected chi connectivity index (χ4v) is 5.65. The summed E-state index contributed by atoms with van der Waals surface area (Å²) in [6.45, 7) is 2.73. The molecule has 0 spiro atoms. The normalized spacial score (nSPS) is 54.5. The molecule has 1 aliphatic heterocycles. The molecule has 0 aromatic heterocycles. The molecule has 4 heteroatoms. The standard InChI is InChI=1S/C14H22O4/c1-4-17-13-7-9-8-5-6-10(18-13)11(8)12(13)14(9,15-2)16-3/h8-12H,4-7H2,1-3H3/t8-,9+,10-,11+,12+,13+/m0/s1. The smallest absolute Gasteiger partial charge is 0.179 e. The summed E-state index contributed by atoms with van der Waals surface area (Å²) in [4.78, 5) is 0. The van der Waals surface area contributed by atoms with Crippen molar-refractivity contribution >= 4 is 0 Å². The molecule has 0 N–H and O–H groups in total. The van der Waals surface area contributed by atoms with Gasteiger partial charge >= 0.3 is 0 Å². The van der Waals surface area contributed by atoms with Gasteiger partial charge in [-0.2, -0.15) is 0 Å². The van der Waals surface area contributed by atoms with Gasteiger partial charge < -0.3 is 18.9 Å². The van der Waals surface area contributed by atoms with Gasteiger partial charge in [0.2, 0.25) is 0 Å². The van der Waals surface area contributed by atoms with Gasteiger partial charge in [-0.1, -0.05) is 0 Å². The van der Waals surface area contributed by atoms with Gasteiger partial charge in [-0.25, -0.2) is 0 Å². The van der Waals surface area contributed by atoms with Crippen molar-refractivity contribution in [1.29, 1.82) is 0 Å². The minimum absolute atomic E-state index is 0.252. The van der Waals surface area contributed by atoms with E-state index in [4.69, 9.17) is 18.9 Å². The molecule has 102 valence electrons. The summed E-state index contributed by atoms with van der Waals surface area (Å²) < 4.78 is 24.1. The Bertz CT molecular complexity index is 367. The van der Waals surface area contributed by atoms with E-state index in [0.29, 0.717) is 30.5 Å². The number of hydrogen-bond donors (Lipinski definition) is 0. The number of methoxy groups -OCH3 is 2. The highest BCUT2D eigenvalue weighted by Crippen LogP contribution is 2.73. The molecule has 6 atom stereocenters. The molecule has 0 aromatic carbocycles. The molecule has 18 heavy (non-hydrogen) atoms. The summed E-state index contributed by atoms with van der Waals surface area (Å²) in [7, 11) is 3.54. The van der Waals surface area contributed by atoms with Crippen LogP contribution in [0.25, 0.3) is 0 Å². The monoisotopic (exact) mass is 254 g/mol. The highest BCUT2D eigenvalue weighted by Gasteiger charge is 2.81. The second kappa shape index (κ2) is 3.48. The summed E-state index contributed by atoms with van der Waals surface area (Å²) in [5, 5.41) is 0. The van der Waals surface area contributed by atoms with Gasteiger partial charge in [-0.15, -0.1) is 0 Å². The lowest BCUT2D eigenvalue weighted by Gasteiger charge is -2.35. The maximum atomic E-state index is 6.33. The first-order chi connectivity index (χ1) is 8.72. The molecule has 4 aliphatic rings. The van der Waals surface area contributed by atoms with E-state index in [1.165, 1.54) is 12.8 Å². The van der Waals surface area contributed by atoms with Crippen LogP contribution in [0.5, 0.6) is 0 Å². The third kappa shape index (κ3) is 1.01. The summed E-state index contributed by atoms with van der Waals surface area (Å²) in [6, 6.07) is 0. The molecule has 1 saturated heterocycles. The molecule has 0 unspecified atom stereocenters. The van der Waals surface area contributed by atoms with Crippen molar-refractivity contribution in [2.75, 3.05) is 20.8 Å². The van der Waals surface area contributed by atoms with Crippen LogP contribution in [0.2, 0.25) is 0 Å². The fourth-order valence-electron chi connectivity index (χ4n) is 5.65. The molecule has 4 rings (SSSR count). The molecule has 2 bridgehead atoms. The summed E-state index contributed by atoms with van der Waals surface area (Å²) >= 11 is 0. The molecule has 4 fully saturated rings. The van der Waals surface area contributed by atoms with Crippen LogP contribution in [-0.4, -0.2) is 38.5 Å². The lowest BCUT2D eigenvalue weighted by molar-refractivity contribution is -0.280. The summed E-state index contributed by atoms with van der Waals surface area (Å²) in [6.07, 6.45) is 3.74. The van der Waals surface area contributed by atoms with E-state index in [1.807, 2.05) is 6.92 Å². The highest BCUT2D eigenvalue weighted by atomic mass is 16.7. The Labute approximate surface area is 108 Å². The molecular weight excluding hydrogens is 232 g/mol. The van der Waals surface area contributed by atoms with Crippen LogP contribution < -0.4 is 0 Å². The Balaban J connectivity index is 1.81. The number of hydrogen-bond acceptors (Lipinski definition) is 4. The SMILES string of the molecule is CCO[C@]12C[C@@H]3[C@@H]4CC[C@H](O1)[C@@H]4[C@H]2C3(OC)OC. The van der Waals surface area contributed by atoms with E-state index < -0.39 is 11.6 Å². The first-order valence-corrected chi connectivity index (χ1v) is 7.14. The maximum Gasteiger partial charge on any atom is 0.179 e. The quantitative estimate of drug-likeness (QED) is 0.717. The van der Waals surface area contributed by atoms with E-state index in [-0.39, 0.29) is 5.92 Å². The summed E-state index contributed by atoms with van der Waals surface area (Å²) in [5.41, 5.74) is 0. The molecule has 1 heterocycles. The Hall–Kier alpha value is -0.160. The van der Waals surface area contributed by atoms with Gasteiger partial charge in [0.15, 0.2) is 11.6 Å². The van der Waals surface area contributed by atoms with Crippen LogP contribution in [-0.2, 0) is 18.9 Å². The molecule has 0 aromatic rings. The minimum atomic E-state index is -0.473. The van der Waals surface area contributed by atoms with Crippen molar-refractivity contribution in [3.63, 3.8) is 0 Å². The van der Waals surface area contributed by atoms with E-state index in [0.717, 1.165) is 6.42 Å². The topological polar surface area (TPSA) is 36.9 Å². The zero-order valence-corrected chi connectivity index (χ0v) is 11.3. The Kier molecular flexibility index (Phi) is 2.25. The molecule has 3 saturated carbocycles. The first kappa shape index (κ1) is 11.6. The Morgan fingerprint density at radius 2 is 2.00 bits per heavy atom. The fraction of sp³-hybridized carbons (Fsp3) is 1.00. The predicted molar refractivity (Wildman–Crippen MR) is 63.8 cm³/mol. The maximum absolute atomic E-state index is 6.33. The van der Waals surface area contributed by atoms with E-state index in [9.17, 15) is 0 Å². The highest BCUT2D eigenvalue weighted by molar-refractivity contribution is 5.22. The Morgan fingerprint density at radius 1 is 1.22 bits per heavy atom. The van der Waals surface area contributed by atoms with Crippen LogP contribution in [0.3, 0.4) is 0 Å². The largest absolute Gasteiger partial charge is 0.352 e. The van der Waals surface area contributed by atoms with Gasteiger partial charge in [-0.05, 0) is 25.7 Å². The molecule has 0 radical (unpaired) electrons. The third-order valence-electron chi connectivity index (χ3n) is 5.92. The lowest BCUT2D eigenvalue weighted by Crippen LogP contribution is -2.46. The summed E-state index contributed by atoms with van der Waals surface area (Å²) in [5.74, 6) is 1.06. The van der Waals surface area contributed by atoms with Gasteiger partial charge in [0.25, 0.3) is 0 Å². The van der Waals surface area contributed by atoms with Crippen molar-refractivity contribution in [2.45, 2.75) is 43.9 Å². The molecule has 4 nitrogen and oxygen atoms in total. The Morgan fingerprint density at radius 3 is 2.67 bits per heavy atom. The number of fused-ring (bicyclic) bond motifs is 2. The van der Waals surface area contributed by atoms with Crippen molar-refractivity contribution in [3.05, 3.63) is 0 Å². The van der Waals surface area contributed by atoms with Gasteiger partial charge in [-0.3, -0.25) is 0 Å². The van der Waals surface area contributed by atoms with Gasteiger partial charge in [0, 0.05) is 39.1 Å². The van der Waals surface area contributed by atoms with Crippen LogP contribution in [0.15, 0.2) is 0 Å². The lowest BCUT2D eigenvalue weighted by atomic mass is 9.80. The van der Waals surface area contributed by atoms with Gasteiger partial charge in [0.1, 0.15) is 0 Å². The third-order valence-corrected chi connectivity index (χ3v) is 5.92. The van der Waals surface area contributed by atoms with Crippen molar-refractivity contribution in [1.82, 2.24) is 0 Å². The van der Waals surface area contributed by atoms with Crippen molar-refractivity contribution < 1.29 is 18.9 Å². The van der Waals surface area contributed by atoms with Crippen LogP contribution in [0.4, 0.5) is 0 Å². The molecule has 0 amide bonds. The molecular formula is C14H22O4. The van der Waals surface area contributed by atoms with Crippen LogP contribution in [0.1, 0.15) is 26.2 Å². The van der Waals surface area contributed by atoms with E-state index in [1.54, 1.807) is 14.2 Å². The molecule has 3 aliphatic carbocycles. The average Bonchev–Trinajstić information content (AvgIpc) is 2.98. The second-order valence-corrected chi connectivity index (χ2v) is 6.14. The van der Waals surface area contributed by atoms with Crippen LogP contribution in [0, 0.1) is 23.7 Å². The minimum Gasteiger partial charge on any atom is -0.352 e. The van der Waals surface area contributed by atoms with Crippen LogP contribution >= 0.6 is 0 Å². The van der Waals surface area contributed by atoms with E-state index >= 15 is 0 Å². The predicted octanol–water partition coefficient (Wildman–Crippen LogP) is 1.78.